The summed E-state index contributed by atoms with van der Waals surface area (Å²) in [6.45, 7) is 3.82. The zero-order valence-corrected chi connectivity index (χ0v) is 17.4. The third-order valence-electron chi connectivity index (χ3n) is 5.26. The molecular weight excluding hydrogens is 392 g/mol. The predicted octanol–water partition coefficient (Wildman–Crippen LogP) is 0.832. The lowest BCUT2D eigenvalue weighted by Gasteiger charge is -2.30. The highest BCUT2D eigenvalue weighted by Gasteiger charge is 2.35. The summed E-state index contributed by atoms with van der Waals surface area (Å²) in [5, 5.41) is 3.02. The molecule has 0 aromatic heterocycles. The van der Waals surface area contributed by atoms with Crippen LogP contribution in [0.2, 0.25) is 0 Å². The maximum Gasteiger partial charge on any atom is 0.337 e. The number of nitrogens with zero attached hydrogens (tertiary/aromatic N) is 3. The minimum Gasteiger partial charge on any atom is -0.465 e. The molecule has 1 N–H and O–H groups in total. The van der Waals surface area contributed by atoms with Gasteiger partial charge in [-0.25, -0.2) is 9.79 Å². The lowest BCUT2D eigenvalue weighted by Crippen LogP contribution is -2.47. The first-order chi connectivity index (χ1) is 14.0. The van der Waals surface area contributed by atoms with Gasteiger partial charge in [0.25, 0.3) is 0 Å². The molecule has 2 aliphatic heterocycles. The van der Waals surface area contributed by atoms with Gasteiger partial charge in [-0.2, -0.15) is 0 Å². The number of carbonyl (C=O) groups excluding carboxylic acids is 3. The Bertz CT molecular complexity index is 783. The Morgan fingerprint density at radius 2 is 2.03 bits per heavy atom. The van der Waals surface area contributed by atoms with Gasteiger partial charge >= 0.3 is 5.97 Å². The van der Waals surface area contributed by atoms with Gasteiger partial charge in [0.15, 0.2) is 0 Å². The summed E-state index contributed by atoms with van der Waals surface area (Å²) < 4.78 is 4.69. The van der Waals surface area contributed by atoms with Gasteiger partial charge in [0.2, 0.25) is 16.9 Å². The first-order valence-corrected chi connectivity index (χ1v) is 10.3. The molecule has 0 saturated carbocycles. The van der Waals surface area contributed by atoms with E-state index in [-0.39, 0.29) is 29.9 Å². The molecule has 1 unspecified atom stereocenters. The van der Waals surface area contributed by atoms with E-state index in [0.717, 1.165) is 19.6 Å². The van der Waals surface area contributed by atoms with Crippen LogP contribution in [0.25, 0.3) is 0 Å². The molecular formula is C20H26N4O4S. The van der Waals surface area contributed by atoms with Crippen LogP contribution in [0.3, 0.4) is 0 Å². The normalized spacial score (nSPS) is 22.0. The van der Waals surface area contributed by atoms with Gasteiger partial charge < -0.3 is 15.0 Å². The Balaban J connectivity index is 1.50. The van der Waals surface area contributed by atoms with Gasteiger partial charge in [-0.05, 0) is 44.2 Å². The van der Waals surface area contributed by atoms with E-state index in [0.29, 0.717) is 17.8 Å². The van der Waals surface area contributed by atoms with Crippen LogP contribution < -0.4 is 5.32 Å². The molecule has 1 saturated heterocycles. The number of carbonyl (C=O) groups is 3. The number of nitrogens with one attached hydrogen (secondary N) is 1. The summed E-state index contributed by atoms with van der Waals surface area (Å²) in [5.74, 6) is -1.45. The zero-order valence-electron chi connectivity index (χ0n) is 16.6. The second-order valence-corrected chi connectivity index (χ2v) is 7.60. The number of likely N-dealkylation sites (tertiary alicyclic amines) is 1. The average Bonchev–Trinajstić information content (AvgIpc) is 2.73. The second kappa shape index (κ2) is 9.89. The molecule has 0 aromatic rings. The summed E-state index contributed by atoms with van der Waals surface area (Å²) in [7, 11) is 1.29. The van der Waals surface area contributed by atoms with Crippen molar-refractivity contribution in [2.24, 2.45) is 10.9 Å². The van der Waals surface area contributed by atoms with Gasteiger partial charge in [0.1, 0.15) is 0 Å². The lowest BCUT2D eigenvalue weighted by atomic mass is 9.92. The van der Waals surface area contributed by atoms with Crippen LogP contribution in [0.15, 0.2) is 28.8 Å². The molecule has 2 amide bonds. The number of rotatable bonds is 7. The van der Waals surface area contributed by atoms with Crippen molar-refractivity contribution in [3.05, 3.63) is 23.8 Å². The fraction of sp³-hybridized carbons (Fsp3) is 0.550. The second-order valence-electron chi connectivity index (χ2n) is 7.24. The lowest BCUT2D eigenvalue weighted by molar-refractivity contribution is -0.136. The first kappa shape index (κ1) is 21.3. The number of hydrogen-bond acceptors (Lipinski definition) is 6. The fourth-order valence-electron chi connectivity index (χ4n) is 3.63. The summed E-state index contributed by atoms with van der Waals surface area (Å²) in [5.41, 5.74) is 0.741. The van der Waals surface area contributed by atoms with Gasteiger partial charge in [-0.3, -0.25) is 14.5 Å². The Kier molecular flexibility index (Phi) is 7.27. The smallest absolute Gasteiger partial charge is 0.337 e. The molecule has 1 aliphatic carbocycles. The maximum absolute atomic E-state index is 12.8. The van der Waals surface area contributed by atoms with Crippen molar-refractivity contribution in [1.29, 1.82) is 0 Å². The molecule has 0 bridgehead atoms. The molecule has 1 fully saturated rings. The number of allylic oxidation sites excluding steroid dienone is 1. The van der Waals surface area contributed by atoms with Crippen molar-refractivity contribution in [3.8, 4) is 0 Å². The molecule has 1 atom stereocenters. The van der Waals surface area contributed by atoms with Crippen LogP contribution in [0.4, 0.5) is 0 Å². The largest absolute Gasteiger partial charge is 0.465 e. The summed E-state index contributed by atoms with van der Waals surface area (Å²) >= 11 is 5.24. The van der Waals surface area contributed by atoms with Crippen molar-refractivity contribution >= 4 is 40.8 Å². The van der Waals surface area contributed by atoms with Crippen LogP contribution in [0.5, 0.6) is 0 Å². The van der Waals surface area contributed by atoms with Crippen LogP contribution in [-0.4, -0.2) is 78.2 Å². The first-order valence-electron chi connectivity index (χ1n) is 9.91. The SMILES string of the molecule is COC(=O)C1=CC2=NC(=S)N(CCC(=O)NCCN3CCCCC3)C(=O)C2C=C1. The fourth-order valence-corrected chi connectivity index (χ4v) is 3.91. The number of ether oxygens (including phenoxy) is 1. The highest BCUT2D eigenvalue weighted by Crippen LogP contribution is 2.23. The topological polar surface area (TPSA) is 91.3 Å². The molecule has 0 spiro atoms. The number of thiocarbonyl (C=S) groups is 1. The van der Waals surface area contributed by atoms with E-state index in [1.165, 1.54) is 37.3 Å². The molecule has 29 heavy (non-hydrogen) atoms. The van der Waals surface area contributed by atoms with Crippen LogP contribution in [-0.2, 0) is 19.1 Å². The van der Waals surface area contributed by atoms with Crippen molar-refractivity contribution < 1.29 is 19.1 Å². The van der Waals surface area contributed by atoms with Gasteiger partial charge in [-0.1, -0.05) is 18.6 Å². The number of piperidine rings is 1. The predicted molar refractivity (Wildman–Crippen MR) is 112 cm³/mol. The molecule has 0 aromatic carbocycles. The summed E-state index contributed by atoms with van der Waals surface area (Å²) in [6, 6.07) is 0. The number of aliphatic imine (C=N–C) groups is 1. The van der Waals surface area contributed by atoms with Crippen molar-refractivity contribution in [1.82, 2.24) is 15.1 Å². The molecule has 3 rings (SSSR count). The van der Waals surface area contributed by atoms with E-state index in [9.17, 15) is 14.4 Å². The van der Waals surface area contributed by atoms with Crippen molar-refractivity contribution in [2.75, 3.05) is 39.8 Å². The highest BCUT2D eigenvalue weighted by atomic mass is 32.1. The molecule has 0 radical (unpaired) electrons. The van der Waals surface area contributed by atoms with Crippen LogP contribution in [0.1, 0.15) is 25.7 Å². The highest BCUT2D eigenvalue weighted by molar-refractivity contribution is 7.80. The molecule has 3 aliphatic rings. The minimum atomic E-state index is -0.600. The van der Waals surface area contributed by atoms with E-state index in [1.807, 2.05) is 0 Å². The zero-order chi connectivity index (χ0) is 20.8. The van der Waals surface area contributed by atoms with E-state index < -0.39 is 11.9 Å². The van der Waals surface area contributed by atoms with Crippen LogP contribution >= 0.6 is 12.2 Å². The summed E-state index contributed by atoms with van der Waals surface area (Å²) in [4.78, 5) is 44.6. The van der Waals surface area contributed by atoms with Gasteiger partial charge in [0, 0.05) is 26.1 Å². The standard InChI is InChI=1S/C20H26N4O4S/c1-28-19(27)14-5-6-15-16(13-14)22-20(29)24(18(15)26)11-7-17(25)21-8-12-23-9-3-2-4-10-23/h5-6,13,15H,2-4,7-12H2,1H3,(H,21,25). The van der Waals surface area contributed by atoms with E-state index in [2.05, 4.69) is 15.2 Å². The minimum absolute atomic E-state index is 0.109. The van der Waals surface area contributed by atoms with E-state index in [4.69, 9.17) is 17.0 Å². The molecule has 8 nitrogen and oxygen atoms in total. The number of hydrogen-bond donors (Lipinski definition) is 1. The maximum atomic E-state index is 12.8. The van der Waals surface area contributed by atoms with E-state index in [1.54, 1.807) is 12.2 Å². The Labute approximate surface area is 175 Å². The number of esters is 1. The Morgan fingerprint density at radius 3 is 2.76 bits per heavy atom. The Hall–Kier alpha value is -2.39. The van der Waals surface area contributed by atoms with Crippen molar-refractivity contribution in [3.63, 3.8) is 0 Å². The quantitative estimate of drug-likeness (QED) is 0.487. The number of fused-ring (bicyclic) bond motifs is 1. The van der Waals surface area contributed by atoms with Crippen LogP contribution in [0, 0.1) is 5.92 Å². The van der Waals surface area contributed by atoms with Gasteiger partial charge in [-0.15, -0.1) is 0 Å². The number of amides is 2. The molecule has 156 valence electrons. The Morgan fingerprint density at radius 1 is 1.28 bits per heavy atom. The van der Waals surface area contributed by atoms with Gasteiger partial charge in [0.05, 0.1) is 24.3 Å². The average molecular weight is 419 g/mol. The third kappa shape index (κ3) is 5.36. The molecule has 9 heteroatoms. The third-order valence-corrected chi connectivity index (χ3v) is 5.57. The van der Waals surface area contributed by atoms with E-state index >= 15 is 0 Å². The van der Waals surface area contributed by atoms with Crippen molar-refractivity contribution in [2.45, 2.75) is 25.7 Å². The monoisotopic (exact) mass is 418 g/mol. The molecule has 2 heterocycles. The summed E-state index contributed by atoms with van der Waals surface area (Å²) in [6.07, 6.45) is 8.57. The number of methoxy groups -OCH3 is 1.